The highest BCUT2D eigenvalue weighted by molar-refractivity contribution is 14.1. The van der Waals surface area contributed by atoms with Gasteiger partial charge in [-0.15, -0.1) is 11.6 Å². The molecule has 1 heterocycles. The highest BCUT2D eigenvalue weighted by Crippen LogP contribution is 2.26. The number of hydrogen-bond donors (Lipinski definition) is 1. The van der Waals surface area contributed by atoms with Crippen LogP contribution in [0.4, 0.5) is 0 Å². The van der Waals surface area contributed by atoms with Crippen molar-refractivity contribution in [3.8, 4) is 0 Å². The van der Waals surface area contributed by atoms with E-state index in [4.69, 9.17) is 17.3 Å². The number of nitrogens with two attached hydrogens (primary N) is 1. The Kier molecular flexibility index (Phi) is 4.67. The van der Waals surface area contributed by atoms with E-state index in [0.717, 1.165) is 20.4 Å². The summed E-state index contributed by atoms with van der Waals surface area (Å²) in [6.45, 7) is 2.60. The lowest BCUT2D eigenvalue weighted by molar-refractivity contribution is -0.118. The van der Waals surface area contributed by atoms with Crippen LogP contribution in [-0.4, -0.2) is 15.5 Å². The first-order valence-corrected chi connectivity index (χ1v) is 7.58. The first kappa shape index (κ1) is 14.6. The van der Waals surface area contributed by atoms with Gasteiger partial charge in [-0.2, -0.15) is 0 Å². The Balaban J connectivity index is 2.37. The Morgan fingerprint density at radius 2 is 2.32 bits per heavy atom. The van der Waals surface area contributed by atoms with Gasteiger partial charge in [-0.3, -0.25) is 4.79 Å². The molecule has 0 bridgehead atoms. The number of hydrogen-bond acceptors (Lipinski definition) is 2. The van der Waals surface area contributed by atoms with Crippen LogP contribution >= 0.6 is 34.2 Å². The average Bonchev–Trinajstić information content (AvgIpc) is 2.67. The number of carbonyl (C=O) groups is 1. The van der Waals surface area contributed by atoms with E-state index < -0.39 is 0 Å². The average molecular weight is 392 g/mol. The van der Waals surface area contributed by atoms with Gasteiger partial charge in [-0.1, -0.05) is 0 Å². The lowest BCUT2D eigenvalue weighted by atomic mass is 10.2. The molecule has 1 unspecified atom stereocenters. The maximum atomic E-state index is 10.8. The Hall–Kier alpha value is -0.820. The number of fused-ring (bicyclic) bond motifs is 1. The Bertz CT molecular complexity index is 609. The van der Waals surface area contributed by atoms with Gasteiger partial charge in [-0.05, 0) is 54.1 Å². The van der Waals surface area contributed by atoms with Crippen molar-refractivity contribution < 1.29 is 4.79 Å². The van der Waals surface area contributed by atoms with Crippen LogP contribution < -0.4 is 5.73 Å². The van der Waals surface area contributed by atoms with Crippen LogP contribution in [0.15, 0.2) is 18.2 Å². The number of imidazole rings is 1. The minimum atomic E-state index is -0.278. The fourth-order valence-electron chi connectivity index (χ4n) is 2.07. The first-order valence-electron chi connectivity index (χ1n) is 6.07. The third-order valence-corrected chi connectivity index (χ3v) is 3.77. The molecular formula is C13H15ClIN3O. The van der Waals surface area contributed by atoms with Crippen LogP contribution in [0.2, 0.25) is 0 Å². The second-order valence-corrected chi connectivity index (χ2v) is 6.34. The minimum Gasteiger partial charge on any atom is -0.370 e. The number of aryl methyl sites for hydroxylation is 1. The molecule has 1 atom stereocenters. The Morgan fingerprint density at radius 1 is 1.58 bits per heavy atom. The maximum absolute atomic E-state index is 10.8. The van der Waals surface area contributed by atoms with Crippen LogP contribution in [-0.2, 0) is 11.3 Å². The minimum absolute atomic E-state index is 0.168. The third-order valence-electron chi connectivity index (χ3n) is 2.90. The molecule has 2 aromatic rings. The fraction of sp³-hybridized carbons (Fsp3) is 0.385. The molecule has 0 saturated carbocycles. The van der Waals surface area contributed by atoms with Crippen molar-refractivity contribution in [1.82, 2.24) is 9.55 Å². The van der Waals surface area contributed by atoms with Crippen LogP contribution in [0.5, 0.6) is 0 Å². The number of rotatable bonds is 5. The van der Waals surface area contributed by atoms with Gasteiger partial charge in [0.1, 0.15) is 5.82 Å². The number of carbonyl (C=O) groups excluding carboxylic acids is 1. The van der Waals surface area contributed by atoms with E-state index in [-0.39, 0.29) is 11.3 Å². The summed E-state index contributed by atoms with van der Waals surface area (Å²) >= 11 is 8.44. The lowest BCUT2D eigenvalue weighted by Gasteiger charge is -2.09. The molecule has 4 nitrogen and oxygen atoms in total. The molecule has 1 aromatic carbocycles. The zero-order chi connectivity index (χ0) is 14.0. The third kappa shape index (κ3) is 3.39. The zero-order valence-corrected chi connectivity index (χ0v) is 13.5. The molecule has 0 radical (unpaired) electrons. The number of alkyl halides is 1. The second kappa shape index (κ2) is 6.09. The first-order chi connectivity index (χ1) is 8.99. The van der Waals surface area contributed by atoms with E-state index in [0.29, 0.717) is 19.4 Å². The molecule has 0 aliphatic carbocycles. The topological polar surface area (TPSA) is 60.9 Å². The van der Waals surface area contributed by atoms with Crippen molar-refractivity contribution in [3.63, 3.8) is 0 Å². The largest absolute Gasteiger partial charge is 0.370 e. The second-order valence-electron chi connectivity index (χ2n) is 4.44. The SMILES string of the molecule is CC(Cl)c1nc2cc(I)ccc2n1CCCC(N)=O. The van der Waals surface area contributed by atoms with E-state index in [1.165, 1.54) is 0 Å². The lowest BCUT2D eigenvalue weighted by Crippen LogP contribution is -2.12. The number of benzene rings is 1. The summed E-state index contributed by atoms with van der Waals surface area (Å²) in [5, 5.41) is -0.168. The summed E-state index contributed by atoms with van der Waals surface area (Å²) in [6.07, 6.45) is 1.07. The summed E-state index contributed by atoms with van der Waals surface area (Å²) in [5.74, 6) is 0.558. The zero-order valence-electron chi connectivity index (χ0n) is 10.6. The van der Waals surface area contributed by atoms with Gasteiger partial charge in [0.15, 0.2) is 0 Å². The van der Waals surface area contributed by atoms with E-state index >= 15 is 0 Å². The standard InChI is InChI=1S/C13H15ClIN3O/c1-8(14)13-17-10-7-9(15)4-5-11(10)18(13)6-2-3-12(16)19/h4-5,7-8H,2-3,6H2,1H3,(H2,16,19). The van der Waals surface area contributed by atoms with Crippen molar-refractivity contribution in [2.45, 2.75) is 31.7 Å². The maximum Gasteiger partial charge on any atom is 0.217 e. The number of nitrogens with zero attached hydrogens (tertiary/aromatic N) is 2. The van der Waals surface area contributed by atoms with Crippen molar-refractivity contribution >= 4 is 51.1 Å². The Labute approximate surface area is 130 Å². The van der Waals surface area contributed by atoms with Crippen LogP contribution in [0.1, 0.15) is 31.0 Å². The number of amides is 1. The van der Waals surface area contributed by atoms with Crippen molar-refractivity contribution in [2.24, 2.45) is 5.73 Å². The summed E-state index contributed by atoms with van der Waals surface area (Å²) in [4.78, 5) is 15.4. The van der Waals surface area contributed by atoms with Gasteiger partial charge in [0, 0.05) is 16.5 Å². The van der Waals surface area contributed by atoms with Gasteiger partial charge >= 0.3 is 0 Å². The van der Waals surface area contributed by atoms with E-state index in [1.807, 2.05) is 25.1 Å². The van der Waals surface area contributed by atoms with Crippen LogP contribution in [0, 0.1) is 3.57 Å². The highest BCUT2D eigenvalue weighted by Gasteiger charge is 2.15. The molecule has 0 aliphatic rings. The van der Waals surface area contributed by atoms with Crippen LogP contribution in [0.25, 0.3) is 11.0 Å². The van der Waals surface area contributed by atoms with E-state index in [1.54, 1.807) is 0 Å². The molecule has 1 amide bonds. The van der Waals surface area contributed by atoms with Crippen molar-refractivity contribution in [2.75, 3.05) is 0 Å². The smallest absolute Gasteiger partial charge is 0.217 e. The summed E-state index contributed by atoms with van der Waals surface area (Å²) in [7, 11) is 0. The molecule has 6 heteroatoms. The predicted molar refractivity (Wildman–Crippen MR) is 85.1 cm³/mol. The molecule has 0 saturated heterocycles. The number of halogens is 2. The normalized spacial score (nSPS) is 12.8. The molecule has 2 rings (SSSR count). The predicted octanol–water partition coefficient (Wildman–Crippen LogP) is 3.21. The van der Waals surface area contributed by atoms with E-state index in [2.05, 4.69) is 32.1 Å². The quantitative estimate of drug-likeness (QED) is 0.628. The van der Waals surface area contributed by atoms with Gasteiger partial charge in [0.2, 0.25) is 5.91 Å². The monoisotopic (exact) mass is 391 g/mol. The molecule has 102 valence electrons. The molecule has 0 aliphatic heterocycles. The molecule has 0 spiro atoms. The van der Waals surface area contributed by atoms with Gasteiger partial charge in [0.25, 0.3) is 0 Å². The van der Waals surface area contributed by atoms with Crippen molar-refractivity contribution in [1.29, 1.82) is 0 Å². The number of aromatic nitrogens is 2. The van der Waals surface area contributed by atoms with Gasteiger partial charge in [0.05, 0.1) is 16.4 Å². The molecule has 19 heavy (non-hydrogen) atoms. The molecule has 0 fully saturated rings. The molecule has 2 N–H and O–H groups in total. The fourth-order valence-corrected chi connectivity index (χ4v) is 2.71. The molecule has 1 aromatic heterocycles. The highest BCUT2D eigenvalue weighted by atomic mass is 127. The summed E-state index contributed by atoms with van der Waals surface area (Å²) in [5.41, 5.74) is 7.16. The van der Waals surface area contributed by atoms with Crippen molar-refractivity contribution in [3.05, 3.63) is 27.6 Å². The molecular weight excluding hydrogens is 377 g/mol. The summed E-state index contributed by atoms with van der Waals surface area (Å²) in [6, 6.07) is 6.11. The Morgan fingerprint density at radius 3 is 2.95 bits per heavy atom. The number of primary amides is 1. The van der Waals surface area contributed by atoms with Gasteiger partial charge < -0.3 is 10.3 Å². The van der Waals surface area contributed by atoms with Gasteiger partial charge in [-0.25, -0.2) is 4.98 Å². The summed E-state index contributed by atoms with van der Waals surface area (Å²) < 4.78 is 3.21. The van der Waals surface area contributed by atoms with E-state index in [9.17, 15) is 4.79 Å². The van der Waals surface area contributed by atoms with Crippen LogP contribution in [0.3, 0.4) is 0 Å².